The van der Waals surface area contributed by atoms with Crippen molar-refractivity contribution in [1.82, 2.24) is 0 Å². The Labute approximate surface area is 91.8 Å². The molecule has 0 bridgehead atoms. The highest BCUT2D eigenvalue weighted by atomic mass is 79.9. The third kappa shape index (κ3) is 1.62. The van der Waals surface area contributed by atoms with Crippen LogP contribution in [0, 0.1) is 0 Å². The van der Waals surface area contributed by atoms with E-state index in [9.17, 15) is 0 Å². The molecule has 72 valence electrons. The van der Waals surface area contributed by atoms with E-state index in [1.807, 2.05) is 12.1 Å². The van der Waals surface area contributed by atoms with Crippen molar-refractivity contribution in [2.24, 2.45) is 0 Å². The average molecular weight is 251 g/mol. The molecule has 0 heterocycles. The van der Waals surface area contributed by atoms with Gasteiger partial charge in [0.2, 0.25) is 0 Å². The van der Waals surface area contributed by atoms with Crippen molar-refractivity contribution >= 4 is 26.7 Å². The number of alkyl halides is 1. The quantitative estimate of drug-likeness (QED) is 0.738. The van der Waals surface area contributed by atoms with Crippen molar-refractivity contribution in [3.05, 3.63) is 42.0 Å². The van der Waals surface area contributed by atoms with Gasteiger partial charge in [0, 0.05) is 10.7 Å². The monoisotopic (exact) mass is 250 g/mol. The lowest BCUT2D eigenvalue weighted by Gasteiger charge is -2.05. The van der Waals surface area contributed by atoms with Gasteiger partial charge < -0.3 is 4.74 Å². The van der Waals surface area contributed by atoms with Crippen LogP contribution < -0.4 is 4.74 Å². The molecule has 2 aromatic carbocycles. The van der Waals surface area contributed by atoms with Crippen LogP contribution in [0.25, 0.3) is 10.8 Å². The van der Waals surface area contributed by atoms with Crippen LogP contribution in [0.5, 0.6) is 5.75 Å². The SMILES string of the molecule is COc1cccc2cc(CBr)ccc12. The first-order valence-corrected chi connectivity index (χ1v) is 5.59. The fraction of sp³-hybridized carbons (Fsp3) is 0.167. The van der Waals surface area contributed by atoms with E-state index in [1.165, 1.54) is 16.3 Å². The lowest BCUT2D eigenvalue weighted by Crippen LogP contribution is -1.85. The Morgan fingerprint density at radius 2 is 2.07 bits per heavy atom. The van der Waals surface area contributed by atoms with E-state index in [0.717, 1.165) is 11.1 Å². The molecule has 0 spiro atoms. The number of benzene rings is 2. The van der Waals surface area contributed by atoms with Crippen molar-refractivity contribution in [2.75, 3.05) is 7.11 Å². The topological polar surface area (TPSA) is 9.23 Å². The smallest absolute Gasteiger partial charge is 0.126 e. The molecule has 0 aliphatic rings. The summed E-state index contributed by atoms with van der Waals surface area (Å²) in [4.78, 5) is 0. The van der Waals surface area contributed by atoms with Gasteiger partial charge in [-0.25, -0.2) is 0 Å². The van der Waals surface area contributed by atoms with Gasteiger partial charge in [-0.1, -0.05) is 46.3 Å². The number of hydrogen-bond donors (Lipinski definition) is 0. The van der Waals surface area contributed by atoms with Gasteiger partial charge in [-0.2, -0.15) is 0 Å². The average Bonchev–Trinajstić information content (AvgIpc) is 2.27. The molecule has 1 nitrogen and oxygen atoms in total. The highest BCUT2D eigenvalue weighted by Gasteiger charge is 2.00. The van der Waals surface area contributed by atoms with Crippen LogP contribution in [-0.4, -0.2) is 7.11 Å². The number of methoxy groups -OCH3 is 1. The largest absolute Gasteiger partial charge is 0.496 e. The van der Waals surface area contributed by atoms with Gasteiger partial charge in [0.1, 0.15) is 5.75 Å². The first-order chi connectivity index (χ1) is 6.85. The zero-order chi connectivity index (χ0) is 9.97. The molecular weight excluding hydrogens is 240 g/mol. The molecule has 0 atom stereocenters. The van der Waals surface area contributed by atoms with Gasteiger partial charge in [-0.05, 0) is 17.0 Å². The van der Waals surface area contributed by atoms with Crippen LogP contribution in [0.4, 0.5) is 0 Å². The molecule has 14 heavy (non-hydrogen) atoms. The van der Waals surface area contributed by atoms with Crippen LogP contribution in [0.1, 0.15) is 5.56 Å². The van der Waals surface area contributed by atoms with Gasteiger partial charge in [-0.15, -0.1) is 0 Å². The first kappa shape index (κ1) is 9.53. The normalized spacial score (nSPS) is 10.4. The van der Waals surface area contributed by atoms with E-state index >= 15 is 0 Å². The molecular formula is C12H11BrO. The van der Waals surface area contributed by atoms with Crippen molar-refractivity contribution < 1.29 is 4.74 Å². The Morgan fingerprint density at radius 3 is 2.79 bits per heavy atom. The van der Waals surface area contributed by atoms with Crippen LogP contribution in [0.15, 0.2) is 36.4 Å². The van der Waals surface area contributed by atoms with Crippen LogP contribution >= 0.6 is 15.9 Å². The molecule has 0 amide bonds. The lowest BCUT2D eigenvalue weighted by atomic mass is 10.1. The zero-order valence-electron chi connectivity index (χ0n) is 7.96. The molecule has 0 saturated carbocycles. The minimum atomic E-state index is 0.889. The van der Waals surface area contributed by atoms with Crippen molar-refractivity contribution in [1.29, 1.82) is 0 Å². The fourth-order valence-electron chi connectivity index (χ4n) is 1.56. The van der Waals surface area contributed by atoms with E-state index in [-0.39, 0.29) is 0 Å². The van der Waals surface area contributed by atoms with Crippen LogP contribution in [0.2, 0.25) is 0 Å². The number of fused-ring (bicyclic) bond motifs is 1. The van der Waals surface area contributed by atoms with Gasteiger partial charge in [0.25, 0.3) is 0 Å². The molecule has 0 aliphatic carbocycles. The Bertz CT molecular complexity index is 451. The number of rotatable bonds is 2. The molecule has 0 aromatic heterocycles. The van der Waals surface area contributed by atoms with Crippen LogP contribution in [0.3, 0.4) is 0 Å². The van der Waals surface area contributed by atoms with E-state index in [4.69, 9.17) is 4.74 Å². The van der Waals surface area contributed by atoms with E-state index in [0.29, 0.717) is 0 Å². The molecule has 0 fully saturated rings. The lowest BCUT2D eigenvalue weighted by molar-refractivity contribution is 0.420. The minimum Gasteiger partial charge on any atom is -0.496 e. The summed E-state index contributed by atoms with van der Waals surface area (Å²) in [7, 11) is 1.70. The van der Waals surface area contributed by atoms with Crippen molar-refractivity contribution in [3.8, 4) is 5.75 Å². The summed E-state index contributed by atoms with van der Waals surface area (Å²) in [6, 6.07) is 12.5. The molecule has 0 radical (unpaired) electrons. The Kier molecular flexibility index (Phi) is 2.73. The number of hydrogen-bond acceptors (Lipinski definition) is 1. The van der Waals surface area contributed by atoms with Crippen LogP contribution in [-0.2, 0) is 5.33 Å². The molecule has 0 N–H and O–H groups in total. The summed E-state index contributed by atoms with van der Waals surface area (Å²) >= 11 is 3.45. The van der Waals surface area contributed by atoms with Gasteiger partial charge >= 0.3 is 0 Å². The van der Waals surface area contributed by atoms with Gasteiger partial charge in [-0.3, -0.25) is 0 Å². The maximum atomic E-state index is 5.29. The Hall–Kier alpha value is -1.02. The minimum absolute atomic E-state index is 0.889. The molecule has 2 heteroatoms. The number of ether oxygens (including phenoxy) is 1. The molecule has 0 unspecified atom stereocenters. The number of halogens is 1. The second kappa shape index (κ2) is 4.01. The van der Waals surface area contributed by atoms with E-state index < -0.39 is 0 Å². The highest BCUT2D eigenvalue weighted by Crippen LogP contribution is 2.26. The predicted molar refractivity (Wildman–Crippen MR) is 63.1 cm³/mol. The third-order valence-corrected chi connectivity index (χ3v) is 2.93. The summed E-state index contributed by atoms with van der Waals surface area (Å²) < 4.78 is 5.29. The standard InChI is InChI=1S/C12H11BrO/c1-14-12-4-2-3-10-7-9(8-13)5-6-11(10)12/h2-7H,8H2,1H3. The van der Waals surface area contributed by atoms with Gasteiger partial charge in [0.15, 0.2) is 0 Å². The third-order valence-electron chi connectivity index (χ3n) is 2.28. The molecule has 0 saturated heterocycles. The second-order valence-electron chi connectivity index (χ2n) is 3.15. The molecule has 2 rings (SSSR count). The summed E-state index contributed by atoms with van der Waals surface area (Å²) in [6.07, 6.45) is 0. The van der Waals surface area contributed by atoms with E-state index in [1.54, 1.807) is 7.11 Å². The van der Waals surface area contributed by atoms with Crippen molar-refractivity contribution in [3.63, 3.8) is 0 Å². The van der Waals surface area contributed by atoms with Crippen molar-refractivity contribution in [2.45, 2.75) is 5.33 Å². The first-order valence-electron chi connectivity index (χ1n) is 4.47. The fourth-order valence-corrected chi connectivity index (χ4v) is 1.91. The van der Waals surface area contributed by atoms with Gasteiger partial charge in [0.05, 0.1) is 7.11 Å². The zero-order valence-corrected chi connectivity index (χ0v) is 9.54. The molecule has 2 aromatic rings. The maximum Gasteiger partial charge on any atom is 0.126 e. The Morgan fingerprint density at radius 1 is 1.21 bits per heavy atom. The predicted octanol–water partition coefficient (Wildman–Crippen LogP) is 3.74. The summed E-state index contributed by atoms with van der Waals surface area (Å²) in [5, 5.41) is 3.28. The summed E-state index contributed by atoms with van der Waals surface area (Å²) in [6.45, 7) is 0. The van der Waals surface area contributed by atoms with E-state index in [2.05, 4.69) is 40.2 Å². The maximum absolute atomic E-state index is 5.29. The highest BCUT2D eigenvalue weighted by molar-refractivity contribution is 9.08. The molecule has 0 aliphatic heterocycles. The second-order valence-corrected chi connectivity index (χ2v) is 3.71. The Balaban J connectivity index is 2.67. The summed E-state index contributed by atoms with van der Waals surface area (Å²) in [5.74, 6) is 0.934. The summed E-state index contributed by atoms with van der Waals surface area (Å²) in [5.41, 5.74) is 1.28.